The van der Waals surface area contributed by atoms with Crippen LogP contribution in [-0.2, 0) is 11.3 Å². The maximum Gasteiger partial charge on any atom is 0.341 e. The van der Waals surface area contributed by atoms with Crippen LogP contribution in [0, 0.1) is 6.92 Å². The molecule has 5 heteroatoms. The smallest absolute Gasteiger partial charge is 0.341 e. The number of ether oxygens (including phenoxy) is 1. The van der Waals surface area contributed by atoms with Crippen LogP contribution in [-0.4, -0.2) is 23.3 Å². The van der Waals surface area contributed by atoms with E-state index in [-0.39, 0.29) is 17.9 Å². The van der Waals surface area contributed by atoms with Gasteiger partial charge in [-0.15, -0.1) is 0 Å². The number of hydrogen-bond acceptors (Lipinski definition) is 4. The van der Waals surface area contributed by atoms with Crippen molar-refractivity contribution in [3.63, 3.8) is 0 Å². The van der Waals surface area contributed by atoms with Crippen molar-refractivity contribution in [1.29, 1.82) is 0 Å². The van der Waals surface area contributed by atoms with Gasteiger partial charge in [0.05, 0.1) is 5.69 Å². The molecule has 0 aromatic carbocycles. The van der Waals surface area contributed by atoms with Gasteiger partial charge in [-0.3, -0.25) is 0 Å². The normalized spacial score (nSPS) is 10.2. The minimum atomic E-state index is -1.04. The second-order valence-corrected chi connectivity index (χ2v) is 2.30. The molecule has 1 heterocycles. The quantitative estimate of drug-likeness (QED) is 0.729. The third kappa shape index (κ3) is 1.45. The topological polar surface area (TPSA) is 72.6 Å². The molecule has 0 atom stereocenters. The highest BCUT2D eigenvalue weighted by atomic mass is 16.5. The van der Waals surface area contributed by atoms with Crippen LogP contribution in [0.3, 0.4) is 0 Å². The van der Waals surface area contributed by atoms with Gasteiger partial charge in [0.1, 0.15) is 12.2 Å². The van der Waals surface area contributed by atoms with Crippen molar-refractivity contribution in [2.75, 3.05) is 7.11 Å². The molecule has 0 aliphatic carbocycles. The number of aromatic carboxylic acids is 1. The molecule has 66 valence electrons. The van der Waals surface area contributed by atoms with Crippen molar-refractivity contribution in [3.05, 3.63) is 17.0 Å². The molecular formula is C7H9NO4. The molecule has 0 saturated carbocycles. The Balaban J connectivity index is 3.04. The van der Waals surface area contributed by atoms with E-state index in [4.69, 9.17) is 14.4 Å². The Bertz CT molecular complexity index is 292. The molecule has 12 heavy (non-hydrogen) atoms. The number of nitrogens with zero attached hydrogens (tertiary/aromatic N) is 1. The Morgan fingerprint density at radius 3 is 2.92 bits per heavy atom. The lowest BCUT2D eigenvalue weighted by atomic mass is 10.2. The molecule has 0 fully saturated rings. The predicted octanol–water partition coefficient (Wildman–Crippen LogP) is 0.828. The number of carboxylic acid groups (broad SMARTS) is 1. The van der Waals surface area contributed by atoms with Crippen LogP contribution in [0.25, 0.3) is 0 Å². The molecule has 5 nitrogen and oxygen atoms in total. The zero-order valence-electron chi connectivity index (χ0n) is 6.83. The van der Waals surface area contributed by atoms with Crippen LogP contribution < -0.4 is 0 Å². The number of rotatable bonds is 3. The lowest BCUT2D eigenvalue weighted by Crippen LogP contribution is -2.01. The second-order valence-electron chi connectivity index (χ2n) is 2.30. The summed E-state index contributed by atoms with van der Waals surface area (Å²) in [7, 11) is 1.46. The van der Waals surface area contributed by atoms with Crippen LogP contribution in [0.1, 0.15) is 21.8 Å². The fourth-order valence-corrected chi connectivity index (χ4v) is 0.920. The third-order valence-corrected chi connectivity index (χ3v) is 1.42. The van der Waals surface area contributed by atoms with E-state index in [1.54, 1.807) is 6.92 Å². The molecule has 1 rings (SSSR count). The fraction of sp³-hybridized carbons (Fsp3) is 0.429. The molecule has 0 radical (unpaired) electrons. The molecule has 0 amide bonds. The van der Waals surface area contributed by atoms with E-state index >= 15 is 0 Å². The summed E-state index contributed by atoms with van der Waals surface area (Å²) in [4.78, 5) is 10.6. The van der Waals surface area contributed by atoms with Crippen LogP contribution in [0.5, 0.6) is 0 Å². The first kappa shape index (κ1) is 8.73. The molecule has 0 aliphatic heterocycles. The van der Waals surface area contributed by atoms with E-state index in [0.29, 0.717) is 5.69 Å². The summed E-state index contributed by atoms with van der Waals surface area (Å²) in [6.07, 6.45) is 0. The van der Waals surface area contributed by atoms with Crippen molar-refractivity contribution in [2.45, 2.75) is 13.5 Å². The van der Waals surface area contributed by atoms with Gasteiger partial charge in [-0.05, 0) is 6.92 Å². The summed E-state index contributed by atoms with van der Waals surface area (Å²) in [6.45, 7) is 1.70. The fourth-order valence-electron chi connectivity index (χ4n) is 0.920. The van der Waals surface area contributed by atoms with Crippen molar-refractivity contribution in [2.24, 2.45) is 0 Å². The van der Waals surface area contributed by atoms with E-state index in [1.165, 1.54) is 7.11 Å². The van der Waals surface area contributed by atoms with Crippen LogP contribution in [0.15, 0.2) is 4.52 Å². The molecule has 0 saturated heterocycles. The molecule has 1 aromatic heterocycles. The Kier molecular flexibility index (Phi) is 2.44. The third-order valence-electron chi connectivity index (χ3n) is 1.42. The number of aryl methyl sites for hydroxylation is 1. The highest BCUT2D eigenvalue weighted by molar-refractivity contribution is 5.89. The van der Waals surface area contributed by atoms with Crippen molar-refractivity contribution >= 4 is 5.97 Å². The van der Waals surface area contributed by atoms with Crippen LogP contribution >= 0.6 is 0 Å². The van der Waals surface area contributed by atoms with Gasteiger partial charge < -0.3 is 14.4 Å². The van der Waals surface area contributed by atoms with E-state index in [0.717, 1.165) is 0 Å². The Morgan fingerprint density at radius 2 is 2.42 bits per heavy atom. The standard InChI is InChI=1S/C7H9NO4/c1-4-6(7(9)10)5(3-11-2)12-8-4/h3H2,1-2H3,(H,9,10). The lowest BCUT2D eigenvalue weighted by molar-refractivity contribution is 0.0687. The van der Waals surface area contributed by atoms with Gasteiger partial charge in [0, 0.05) is 7.11 Å². The Hall–Kier alpha value is -1.36. The number of carboxylic acids is 1. The van der Waals surface area contributed by atoms with E-state index in [1.807, 2.05) is 0 Å². The summed E-state index contributed by atoms with van der Waals surface area (Å²) in [5, 5.41) is 12.2. The van der Waals surface area contributed by atoms with Gasteiger partial charge in [0.2, 0.25) is 0 Å². The molecular weight excluding hydrogens is 162 g/mol. The first-order chi connectivity index (χ1) is 5.66. The minimum Gasteiger partial charge on any atom is -0.477 e. The first-order valence-electron chi connectivity index (χ1n) is 3.34. The average molecular weight is 171 g/mol. The van der Waals surface area contributed by atoms with Gasteiger partial charge in [-0.25, -0.2) is 4.79 Å². The number of methoxy groups -OCH3 is 1. The maximum atomic E-state index is 10.6. The molecule has 1 N–H and O–H groups in total. The van der Waals surface area contributed by atoms with Crippen molar-refractivity contribution in [1.82, 2.24) is 5.16 Å². The van der Waals surface area contributed by atoms with Crippen LogP contribution in [0.4, 0.5) is 0 Å². The summed E-state index contributed by atoms with van der Waals surface area (Å²) in [5.41, 5.74) is 0.464. The zero-order chi connectivity index (χ0) is 9.14. The number of hydrogen-bond donors (Lipinski definition) is 1. The van der Waals surface area contributed by atoms with Gasteiger partial charge >= 0.3 is 5.97 Å². The molecule has 1 aromatic rings. The Morgan fingerprint density at radius 1 is 1.75 bits per heavy atom. The monoisotopic (exact) mass is 171 g/mol. The van der Waals surface area contributed by atoms with E-state index in [9.17, 15) is 4.79 Å². The largest absolute Gasteiger partial charge is 0.477 e. The van der Waals surface area contributed by atoms with E-state index in [2.05, 4.69) is 5.16 Å². The van der Waals surface area contributed by atoms with Gasteiger partial charge in [-0.1, -0.05) is 5.16 Å². The molecule has 0 unspecified atom stereocenters. The lowest BCUT2D eigenvalue weighted by Gasteiger charge is -1.94. The average Bonchev–Trinajstić information content (AvgIpc) is 2.32. The summed E-state index contributed by atoms with van der Waals surface area (Å²) < 4.78 is 9.48. The second kappa shape index (κ2) is 3.36. The molecule has 0 spiro atoms. The Labute approximate surface area is 68.9 Å². The predicted molar refractivity (Wildman–Crippen MR) is 38.9 cm³/mol. The van der Waals surface area contributed by atoms with Crippen molar-refractivity contribution < 1.29 is 19.2 Å². The van der Waals surface area contributed by atoms with Gasteiger partial charge in [-0.2, -0.15) is 0 Å². The highest BCUT2D eigenvalue weighted by Gasteiger charge is 2.18. The number of carbonyl (C=O) groups is 1. The highest BCUT2D eigenvalue weighted by Crippen LogP contribution is 2.13. The van der Waals surface area contributed by atoms with Crippen LogP contribution in [0.2, 0.25) is 0 Å². The summed E-state index contributed by atoms with van der Waals surface area (Å²) in [5.74, 6) is -0.789. The summed E-state index contributed by atoms with van der Waals surface area (Å²) in [6, 6.07) is 0. The molecule has 0 bridgehead atoms. The van der Waals surface area contributed by atoms with Crippen molar-refractivity contribution in [3.8, 4) is 0 Å². The molecule has 0 aliphatic rings. The zero-order valence-corrected chi connectivity index (χ0v) is 6.83. The SMILES string of the molecule is COCc1onc(C)c1C(=O)O. The first-order valence-corrected chi connectivity index (χ1v) is 3.34. The minimum absolute atomic E-state index is 0.0943. The number of aromatic nitrogens is 1. The van der Waals surface area contributed by atoms with E-state index < -0.39 is 5.97 Å². The van der Waals surface area contributed by atoms with Gasteiger partial charge in [0.15, 0.2) is 5.76 Å². The maximum absolute atomic E-state index is 10.6. The van der Waals surface area contributed by atoms with Gasteiger partial charge in [0.25, 0.3) is 0 Å². The summed E-state index contributed by atoms with van der Waals surface area (Å²) >= 11 is 0.